The van der Waals surface area contributed by atoms with Gasteiger partial charge in [0.2, 0.25) is 0 Å². The molecule has 0 amide bonds. The molecule has 2 N–H and O–H groups in total. The fraction of sp³-hybridized carbons (Fsp3) is 0.211. The van der Waals surface area contributed by atoms with Crippen molar-refractivity contribution in [2.24, 2.45) is 14.1 Å². The van der Waals surface area contributed by atoms with Crippen LogP contribution in [0.5, 0.6) is 0 Å². The average molecular weight is 719 g/mol. The molecule has 0 radical (unpaired) electrons. The van der Waals surface area contributed by atoms with E-state index in [1.54, 1.807) is 29.2 Å². The van der Waals surface area contributed by atoms with Gasteiger partial charge in [0.15, 0.2) is 23.3 Å². The van der Waals surface area contributed by atoms with Crippen molar-refractivity contribution < 1.29 is 4.39 Å². The van der Waals surface area contributed by atoms with Crippen LogP contribution >= 0.6 is 22.7 Å². The Morgan fingerprint density at radius 2 is 1.35 bits per heavy atom. The summed E-state index contributed by atoms with van der Waals surface area (Å²) in [7, 11) is 3.72. The molecule has 0 bridgehead atoms. The summed E-state index contributed by atoms with van der Waals surface area (Å²) in [5, 5.41) is 2.00. The van der Waals surface area contributed by atoms with Gasteiger partial charge in [0.1, 0.15) is 15.2 Å². The number of aromatic amines is 2. The van der Waals surface area contributed by atoms with Gasteiger partial charge >= 0.3 is 0 Å². The second-order valence-electron chi connectivity index (χ2n) is 13.4. The van der Waals surface area contributed by atoms with Crippen LogP contribution in [-0.4, -0.2) is 39.0 Å². The van der Waals surface area contributed by atoms with Crippen LogP contribution in [0.15, 0.2) is 82.2 Å². The van der Waals surface area contributed by atoms with Crippen LogP contribution < -0.4 is 11.1 Å². The Morgan fingerprint density at radius 1 is 0.765 bits per heavy atom. The van der Waals surface area contributed by atoms with Gasteiger partial charge in [-0.05, 0) is 53.6 Å². The second-order valence-corrected chi connectivity index (χ2v) is 15.5. The predicted octanol–water partition coefficient (Wildman–Crippen LogP) is 8.16. The van der Waals surface area contributed by atoms with Crippen molar-refractivity contribution in [3.63, 3.8) is 0 Å². The van der Waals surface area contributed by atoms with Crippen molar-refractivity contribution in [1.82, 2.24) is 39.0 Å². The van der Waals surface area contributed by atoms with Crippen molar-refractivity contribution in [3.05, 3.63) is 115 Å². The van der Waals surface area contributed by atoms with E-state index >= 15 is 0 Å². The third-order valence-corrected chi connectivity index (χ3v) is 10.8. The number of nitrogens with one attached hydrogen (secondary N) is 2. The molecule has 0 spiro atoms. The van der Waals surface area contributed by atoms with Crippen molar-refractivity contribution in [1.29, 1.82) is 0 Å². The first kappa shape index (κ1) is 33.9. The van der Waals surface area contributed by atoms with Crippen molar-refractivity contribution in [2.45, 2.75) is 40.0 Å². The first-order valence-corrected chi connectivity index (χ1v) is 17.9. The van der Waals surface area contributed by atoms with Gasteiger partial charge in [0, 0.05) is 60.3 Å². The molecule has 0 fully saturated rings. The molecule has 0 saturated heterocycles. The van der Waals surface area contributed by atoms with Crippen LogP contribution in [0.3, 0.4) is 0 Å². The monoisotopic (exact) mass is 718 g/mol. The van der Waals surface area contributed by atoms with Crippen LogP contribution in [-0.2, 0) is 19.5 Å². The van der Waals surface area contributed by atoms with Crippen LogP contribution in [0.4, 0.5) is 4.39 Å². The van der Waals surface area contributed by atoms with E-state index in [9.17, 15) is 14.0 Å². The molecule has 51 heavy (non-hydrogen) atoms. The van der Waals surface area contributed by atoms with Gasteiger partial charge in [-0.25, -0.2) is 24.3 Å². The summed E-state index contributed by atoms with van der Waals surface area (Å²) in [5.74, 6) is 1.86. The first-order valence-electron chi connectivity index (χ1n) is 16.2. The van der Waals surface area contributed by atoms with E-state index in [0.717, 1.165) is 38.2 Å². The Labute approximate surface area is 300 Å². The normalized spacial score (nSPS) is 11.7. The number of benzene rings is 2. The van der Waals surface area contributed by atoms with Gasteiger partial charge in [-0.15, -0.1) is 22.7 Å². The summed E-state index contributed by atoms with van der Waals surface area (Å²) in [6.07, 6.45) is 6.98. The summed E-state index contributed by atoms with van der Waals surface area (Å²) in [4.78, 5) is 49.6. The van der Waals surface area contributed by atoms with Crippen molar-refractivity contribution >= 4 is 43.1 Å². The number of H-pyrrole nitrogens is 2. The third-order valence-electron chi connectivity index (χ3n) is 8.73. The van der Waals surface area contributed by atoms with E-state index in [1.165, 1.54) is 40.4 Å². The highest BCUT2D eigenvalue weighted by Gasteiger charge is 2.20. The zero-order chi connectivity index (χ0) is 36.2. The standard InChI is InChI=1S/C20H20N4OS.C18H15FN4OS/c1-20(2,3)13-7-5-12(6-8-13)14-11-26-16-15(14)22-17(23-19(16)25)18-21-9-10-24(18)4;1-9-8-11(19)4-5-12(9)13-10(2)25-15-14(13)21-16(22-18(15)24)17-20-6-7-23(17)3/h5-11H,1-4H3,(H,22,23,25);4-8H,1-3H3,(H,21,22,24). The first-order chi connectivity index (χ1) is 24.3. The highest BCUT2D eigenvalue weighted by molar-refractivity contribution is 7.19. The summed E-state index contributed by atoms with van der Waals surface area (Å²) < 4.78 is 18.3. The Balaban J connectivity index is 0.000000159. The van der Waals surface area contributed by atoms with E-state index in [0.29, 0.717) is 38.2 Å². The summed E-state index contributed by atoms with van der Waals surface area (Å²) in [5.41, 5.74) is 7.02. The van der Waals surface area contributed by atoms with E-state index in [1.807, 2.05) is 44.1 Å². The molecule has 0 saturated carbocycles. The number of imidazole rings is 2. The Hall–Kier alpha value is -5.53. The number of fused-ring (bicyclic) bond motifs is 2. The minimum Gasteiger partial charge on any atom is -0.331 e. The minimum absolute atomic E-state index is 0.107. The second kappa shape index (κ2) is 13.0. The largest absolute Gasteiger partial charge is 0.331 e. The zero-order valence-corrected chi connectivity index (χ0v) is 30.8. The van der Waals surface area contributed by atoms with Gasteiger partial charge in [0.05, 0.1) is 11.0 Å². The maximum absolute atomic E-state index is 13.5. The molecule has 13 heteroatoms. The third kappa shape index (κ3) is 6.34. The van der Waals surface area contributed by atoms with Crippen molar-refractivity contribution in [3.8, 4) is 45.6 Å². The molecule has 8 aromatic rings. The number of aromatic nitrogens is 8. The van der Waals surface area contributed by atoms with Gasteiger partial charge in [0.25, 0.3) is 11.1 Å². The molecule has 0 atom stereocenters. The lowest BCUT2D eigenvalue weighted by molar-refractivity contribution is 0.590. The number of nitrogens with zero attached hydrogens (tertiary/aromatic N) is 6. The molecule has 0 unspecified atom stereocenters. The minimum atomic E-state index is -0.280. The van der Waals surface area contributed by atoms with Crippen LogP contribution in [0.1, 0.15) is 36.8 Å². The quantitative estimate of drug-likeness (QED) is 0.189. The predicted molar refractivity (Wildman–Crippen MR) is 204 cm³/mol. The Kier molecular flexibility index (Phi) is 8.64. The van der Waals surface area contributed by atoms with Crippen LogP contribution in [0.25, 0.3) is 66.0 Å². The number of hydrogen-bond acceptors (Lipinski definition) is 8. The average Bonchev–Trinajstić information content (AvgIpc) is 3.88. The van der Waals surface area contributed by atoms with Gasteiger partial charge in [-0.3, -0.25) is 9.59 Å². The number of halogens is 1. The number of rotatable bonds is 4. The molecule has 0 aliphatic carbocycles. The molecule has 0 aliphatic heterocycles. The molecular formula is C38H35FN8O2S2. The zero-order valence-electron chi connectivity index (χ0n) is 29.1. The smallest absolute Gasteiger partial charge is 0.269 e. The Bertz CT molecular complexity index is 2690. The molecule has 258 valence electrons. The van der Waals surface area contributed by atoms with Gasteiger partial charge in [-0.2, -0.15) is 0 Å². The van der Waals surface area contributed by atoms with Crippen LogP contribution in [0.2, 0.25) is 0 Å². The fourth-order valence-electron chi connectivity index (χ4n) is 6.00. The molecule has 6 aromatic heterocycles. The van der Waals surface area contributed by atoms with Crippen LogP contribution in [0, 0.1) is 19.7 Å². The van der Waals surface area contributed by atoms with E-state index in [2.05, 4.69) is 70.0 Å². The van der Waals surface area contributed by atoms with Gasteiger partial charge in [-0.1, -0.05) is 51.1 Å². The topological polar surface area (TPSA) is 127 Å². The van der Waals surface area contributed by atoms with E-state index < -0.39 is 0 Å². The lowest BCUT2D eigenvalue weighted by atomic mass is 9.86. The molecule has 8 rings (SSSR count). The molecule has 2 aromatic carbocycles. The fourth-order valence-corrected chi connectivity index (χ4v) is 7.92. The molecule has 10 nitrogen and oxygen atoms in total. The molecule has 6 heterocycles. The van der Waals surface area contributed by atoms with Gasteiger partial charge < -0.3 is 19.1 Å². The maximum atomic E-state index is 13.5. The van der Waals surface area contributed by atoms with E-state index in [-0.39, 0.29) is 22.4 Å². The summed E-state index contributed by atoms with van der Waals surface area (Å²) in [6.45, 7) is 10.4. The number of aryl methyl sites for hydroxylation is 4. The maximum Gasteiger partial charge on any atom is 0.269 e. The highest BCUT2D eigenvalue weighted by atomic mass is 32.1. The SMILES string of the molecule is Cc1cc(F)ccc1-c1c(C)sc2c(=O)[nH]c(-c3nccn3C)nc12.Cn1ccnc1-c1nc2c(-c3ccc(C(C)(C)C)cc3)csc2c(=O)[nH]1. The summed E-state index contributed by atoms with van der Waals surface area (Å²) >= 11 is 2.82. The lowest BCUT2D eigenvalue weighted by Crippen LogP contribution is -2.10. The Morgan fingerprint density at radius 3 is 1.90 bits per heavy atom. The molecular weight excluding hydrogens is 684 g/mol. The number of thiophene rings is 2. The molecule has 0 aliphatic rings. The van der Waals surface area contributed by atoms with E-state index in [4.69, 9.17) is 4.98 Å². The lowest BCUT2D eigenvalue weighted by Gasteiger charge is -2.19. The van der Waals surface area contributed by atoms with Crippen molar-refractivity contribution in [2.75, 3.05) is 0 Å². The highest BCUT2D eigenvalue weighted by Crippen LogP contribution is 2.38. The number of hydrogen-bond donors (Lipinski definition) is 2. The summed E-state index contributed by atoms with van der Waals surface area (Å²) in [6, 6.07) is 13.2.